The quantitative estimate of drug-likeness (QED) is 0.752. The van der Waals surface area contributed by atoms with Crippen LogP contribution in [0, 0.1) is 5.82 Å². The monoisotopic (exact) mass is 351 g/mol. The van der Waals surface area contributed by atoms with Crippen molar-refractivity contribution in [2.75, 3.05) is 18.8 Å². The third kappa shape index (κ3) is 4.27. The van der Waals surface area contributed by atoms with Gasteiger partial charge in [0.1, 0.15) is 11.9 Å². The molecule has 3 rings (SSSR count). The Hall–Kier alpha value is -1.60. The van der Waals surface area contributed by atoms with Crippen LogP contribution in [0.1, 0.15) is 18.4 Å². The van der Waals surface area contributed by atoms with Gasteiger partial charge in [-0.2, -0.15) is 0 Å². The molecule has 0 radical (unpaired) electrons. The number of amides is 2. The molecule has 2 saturated heterocycles. The van der Waals surface area contributed by atoms with Gasteiger partial charge in [0.15, 0.2) is 0 Å². The van der Waals surface area contributed by atoms with Crippen LogP contribution in [0.4, 0.5) is 4.39 Å². The lowest BCUT2D eigenvalue weighted by atomic mass is 10.1. The third-order valence-electron chi connectivity index (χ3n) is 4.40. The van der Waals surface area contributed by atoms with Crippen molar-refractivity contribution in [2.24, 2.45) is 0 Å². The molecule has 5 nitrogen and oxygen atoms in total. The van der Waals surface area contributed by atoms with Crippen molar-refractivity contribution in [3.63, 3.8) is 0 Å². The summed E-state index contributed by atoms with van der Waals surface area (Å²) in [7, 11) is 0. The van der Waals surface area contributed by atoms with Gasteiger partial charge in [0.2, 0.25) is 11.8 Å². The van der Waals surface area contributed by atoms with Crippen LogP contribution in [-0.4, -0.2) is 48.0 Å². The summed E-state index contributed by atoms with van der Waals surface area (Å²) in [5.74, 6) is -0.113. The first-order valence-electron chi connectivity index (χ1n) is 8.30. The molecule has 2 aliphatic rings. The van der Waals surface area contributed by atoms with Crippen molar-refractivity contribution in [1.82, 2.24) is 16.0 Å². The molecule has 1 aromatic carbocycles. The summed E-state index contributed by atoms with van der Waals surface area (Å²) in [6, 6.07) is 6.10. The van der Waals surface area contributed by atoms with Crippen molar-refractivity contribution in [3.05, 3.63) is 35.6 Å². The van der Waals surface area contributed by atoms with Crippen LogP contribution in [0.3, 0.4) is 0 Å². The Morgan fingerprint density at radius 2 is 2.21 bits per heavy atom. The highest BCUT2D eigenvalue weighted by molar-refractivity contribution is 8.00. The Bertz CT molecular complexity index is 607. The number of benzene rings is 1. The van der Waals surface area contributed by atoms with E-state index in [1.807, 2.05) is 0 Å². The Kier molecular flexibility index (Phi) is 5.73. The zero-order valence-corrected chi connectivity index (χ0v) is 14.2. The van der Waals surface area contributed by atoms with Crippen LogP contribution in [0.15, 0.2) is 24.3 Å². The van der Waals surface area contributed by atoms with Crippen LogP contribution >= 0.6 is 11.8 Å². The van der Waals surface area contributed by atoms with E-state index in [4.69, 9.17) is 0 Å². The number of rotatable bonds is 4. The molecule has 0 spiro atoms. The van der Waals surface area contributed by atoms with Crippen molar-refractivity contribution in [2.45, 2.75) is 36.6 Å². The van der Waals surface area contributed by atoms with Gasteiger partial charge in [0.05, 0.1) is 5.25 Å². The maximum absolute atomic E-state index is 13.7. The fraction of sp³-hybridized carbons (Fsp3) is 0.529. The average molecular weight is 351 g/mol. The van der Waals surface area contributed by atoms with Crippen LogP contribution in [0.5, 0.6) is 0 Å². The summed E-state index contributed by atoms with van der Waals surface area (Å²) >= 11 is 1.42. The molecule has 2 fully saturated rings. The van der Waals surface area contributed by atoms with E-state index in [0.717, 1.165) is 25.9 Å². The first-order chi connectivity index (χ1) is 11.6. The van der Waals surface area contributed by atoms with Gasteiger partial charge in [-0.25, -0.2) is 4.39 Å². The molecule has 0 saturated carbocycles. The minimum Gasteiger partial charge on any atom is -0.350 e. The Morgan fingerprint density at radius 1 is 1.38 bits per heavy atom. The zero-order chi connectivity index (χ0) is 16.9. The number of hydrogen-bond acceptors (Lipinski definition) is 4. The van der Waals surface area contributed by atoms with Gasteiger partial charge in [-0.1, -0.05) is 18.2 Å². The first-order valence-corrected chi connectivity index (χ1v) is 9.35. The summed E-state index contributed by atoms with van der Waals surface area (Å²) < 4.78 is 13.7. The highest BCUT2D eigenvalue weighted by Crippen LogP contribution is 2.23. The van der Waals surface area contributed by atoms with E-state index in [-0.39, 0.29) is 28.9 Å². The lowest BCUT2D eigenvalue weighted by molar-refractivity contribution is -0.129. The van der Waals surface area contributed by atoms with E-state index >= 15 is 0 Å². The van der Waals surface area contributed by atoms with Gasteiger partial charge in [0, 0.05) is 18.3 Å². The molecule has 1 aromatic rings. The van der Waals surface area contributed by atoms with Gasteiger partial charge in [-0.15, -0.1) is 11.8 Å². The van der Waals surface area contributed by atoms with Gasteiger partial charge < -0.3 is 16.0 Å². The molecule has 130 valence electrons. The minimum atomic E-state index is -0.513. The molecular formula is C17H22FN3O2S. The molecule has 7 heteroatoms. The van der Waals surface area contributed by atoms with Gasteiger partial charge in [-0.3, -0.25) is 9.59 Å². The second-order valence-corrected chi connectivity index (χ2v) is 7.47. The van der Waals surface area contributed by atoms with Crippen LogP contribution in [0.25, 0.3) is 0 Å². The summed E-state index contributed by atoms with van der Waals surface area (Å²) in [6.45, 7) is 1.76. The largest absolute Gasteiger partial charge is 0.350 e. The SMILES string of the molecule is O=C(NC1CCCNC1)C1CSC(Cc2ccccc2F)C(=O)N1. The molecule has 2 heterocycles. The molecule has 3 N–H and O–H groups in total. The van der Waals surface area contributed by atoms with Crippen molar-refractivity contribution in [1.29, 1.82) is 0 Å². The van der Waals surface area contributed by atoms with Crippen LogP contribution < -0.4 is 16.0 Å². The van der Waals surface area contributed by atoms with Crippen molar-refractivity contribution >= 4 is 23.6 Å². The summed E-state index contributed by atoms with van der Waals surface area (Å²) in [5, 5.41) is 8.66. The first kappa shape index (κ1) is 17.2. The average Bonchev–Trinajstić information content (AvgIpc) is 2.59. The molecule has 0 aromatic heterocycles. The zero-order valence-electron chi connectivity index (χ0n) is 13.4. The van der Waals surface area contributed by atoms with E-state index in [9.17, 15) is 14.0 Å². The molecule has 3 atom stereocenters. The Balaban J connectivity index is 1.52. The molecular weight excluding hydrogens is 329 g/mol. The lowest BCUT2D eigenvalue weighted by Gasteiger charge is -2.30. The third-order valence-corrected chi connectivity index (χ3v) is 5.70. The van der Waals surface area contributed by atoms with Crippen LogP contribution in [0.2, 0.25) is 0 Å². The maximum Gasteiger partial charge on any atom is 0.243 e. The summed E-state index contributed by atoms with van der Waals surface area (Å²) in [5.41, 5.74) is 0.529. The van der Waals surface area contributed by atoms with E-state index < -0.39 is 6.04 Å². The molecule has 2 amide bonds. The highest BCUT2D eigenvalue weighted by atomic mass is 32.2. The number of carbonyl (C=O) groups excluding carboxylic acids is 2. The number of thioether (sulfide) groups is 1. The van der Waals surface area contributed by atoms with E-state index in [2.05, 4.69) is 16.0 Å². The molecule has 24 heavy (non-hydrogen) atoms. The molecule has 3 unspecified atom stereocenters. The fourth-order valence-corrected chi connectivity index (χ4v) is 4.20. The number of hydrogen-bond donors (Lipinski definition) is 3. The second-order valence-electron chi connectivity index (χ2n) is 6.23. The number of piperidine rings is 1. The fourth-order valence-electron chi connectivity index (χ4n) is 3.03. The number of carbonyl (C=O) groups is 2. The molecule has 0 aliphatic carbocycles. The van der Waals surface area contributed by atoms with E-state index in [0.29, 0.717) is 17.7 Å². The van der Waals surface area contributed by atoms with Crippen molar-refractivity contribution in [3.8, 4) is 0 Å². The lowest BCUT2D eigenvalue weighted by Crippen LogP contribution is -2.57. The standard InChI is InChI=1S/C17H22FN3O2S/c18-13-6-2-1-4-11(13)8-15-17(23)21-14(10-24-15)16(22)20-12-5-3-7-19-9-12/h1-2,4,6,12,14-15,19H,3,5,7-10H2,(H,20,22)(H,21,23). The number of nitrogens with one attached hydrogen (secondary N) is 3. The topological polar surface area (TPSA) is 70.2 Å². The maximum atomic E-state index is 13.7. The smallest absolute Gasteiger partial charge is 0.243 e. The van der Waals surface area contributed by atoms with Gasteiger partial charge >= 0.3 is 0 Å². The predicted molar refractivity (Wildman–Crippen MR) is 92.3 cm³/mol. The van der Waals surface area contributed by atoms with E-state index in [1.165, 1.54) is 17.8 Å². The highest BCUT2D eigenvalue weighted by Gasteiger charge is 2.33. The van der Waals surface area contributed by atoms with E-state index in [1.54, 1.807) is 18.2 Å². The van der Waals surface area contributed by atoms with Crippen LogP contribution in [-0.2, 0) is 16.0 Å². The molecule has 2 aliphatic heterocycles. The summed E-state index contributed by atoms with van der Waals surface area (Å²) in [4.78, 5) is 24.6. The summed E-state index contributed by atoms with van der Waals surface area (Å²) in [6.07, 6.45) is 2.34. The molecule has 0 bridgehead atoms. The van der Waals surface area contributed by atoms with Gasteiger partial charge in [0.25, 0.3) is 0 Å². The van der Waals surface area contributed by atoms with Gasteiger partial charge in [-0.05, 0) is 37.4 Å². The predicted octanol–water partition coefficient (Wildman–Crippen LogP) is 0.837. The van der Waals surface area contributed by atoms with Crippen molar-refractivity contribution < 1.29 is 14.0 Å². The number of halogens is 1. The Morgan fingerprint density at radius 3 is 2.92 bits per heavy atom. The second kappa shape index (κ2) is 7.98. The minimum absolute atomic E-state index is 0.129. The Labute approximate surface area is 145 Å². The normalized spacial score (nSPS) is 27.4.